The van der Waals surface area contributed by atoms with Gasteiger partial charge in [0.2, 0.25) is 11.8 Å². The zero-order valence-electron chi connectivity index (χ0n) is 15.1. The van der Waals surface area contributed by atoms with Gasteiger partial charge >= 0.3 is 0 Å². The van der Waals surface area contributed by atoms with Gasteiger partial charge in [-0.05, 0) is 54.4 Å². The number of hydrogen-bond donors (Lipinski definition) is 0. The van der Waals surface area contributed by atoms with E-state index in [1.54, 1.807) is 0 Å². The Balaban J connectivity index is 3.09. The molecule has 0 aliphatic heterocycles. The van der Waals surface area contributed by atoms with Crippen molar-refractivity contribution in [1.82, 2.24) is 9.80 Å². The normalized spacial score (nSPS) is 21.7. The number of rotatable bonds is 6. The van der Waals surface area contributed by atoms with E-state index < -0.39 is 0 Å². The molecule has 4 nitrogen and oxygen atoms in total. The first-order valence-corrected chi connectivity index (χ1v) is 8.63. The number of carbonyl (C=O) groups excluding carboxylic acids is 2. The second-order valence-electron chi connectivity index (χ2n) is 6.20. The summed E-state index contributed by atoms with van der Waals surface area (Å²) in [7, 11) is 0. The number of carbonyl (C=O) groups is 2. The minimum Gasteiger partial charge on any atom is -0.343 e. The van der Waals surface area contributed by atoms with Crippen LogP contribution >= 0.6 is 0 Å². The molecular weight excluding hydrogens is 276 g/mol. The summed E-state index contributed by atoms with van der Waals surface area (Å²) in [5.74, 6) is -0.113. The van der Waals surface area contributed by atoms with Crippen molar-refractivity contribution in [3.05, 3.63) is 11.1 Å². The maximum Gasteiger partial charge on any atom is 0.226 e. The second-order valence-corrected chi connectivity index (χ2v) is 6.20. The van der Waals surface area contributed by atoms with E-state index in [0.717, 1.165) is 12.8 Å². The van der Waals surface area contributed by atoms with Gasteiger partial charge in [-0.15, -0.1) is 0 Å². The highest BCUT2D eigenvalue weighted by atomic mass is 16.2. The molecule has 126 valence electrons. The molecule has 4 heteroatoms. The van der Waals surface area contributed by atoms with Crippen molar-refractivity contribution in [3.63, 3.8) is 0 Å². The molecule has 1 aliphatic rings. The molecule has 0 saturated heterocycles. The Morgan fingerprint density at radius 3 is 1.27 bits per heavy atom. The van der Waals surface area contributed by atoms with Crippen LogP contribution in [0.5, 0.6) is 0 Å². The molecule has 0 bridgehead atoms. The average molecular weight is 308 g/mol. The molecule has 0 radical (unpaired) electrons. The largest absolute Gasteiger partial charge is 0.343 e. The lowest BCUT2D eigenvalue weighted by Gasteiger charge is -2.36. The predicted molar refractivity (Wildman–Crippen MR) is 90.4 cm³/mol. The van der Waals surface area contributed by atoms with Crippen molar-refractivity contribution < 1.29 is 9.59 Å². The third-order valence-electron chi connectivity index (χ3n) is 5.05. The molecule has 2 atom stereocenters. The van der Waals surface area contributed by atoms with Crippen molar-refractivity contribution in [2.24, 2.45) is 11.8 Å². The molecule has 0 saturated carbocycles. The minimum absolute atomic E-state index is 0.141. The van der Waals surface area contributed by atoms with Crippen LogP contribution in [0.3, 0.4) is 0 Å². The standard InChI is InChI=1S/C18H32N2O2/c1-7-19(8-2)17(21)15-11-13(5)14(6)12-16(15)18(22)20(9-3)10-4/h15-16H,7-12H2,1-6H3. The maximum atomic E-state index is 12.9. The maximum absolute atomic E-state index is 12.9. The van der Waals surface area contributed by atoms with E-state index in [9.17, 15) is 9.59 Å². The van der Waals surface area contributed by atoms with E-state index >= 15 is 0 Å². The minimum atomic E-state index is -0.198. The molecule has 1 rings (SSSR count). The Labute approximate surface area is 135 Å². The summed E-state index contributed by atoms with van der Waals surface area (Å²) in [5.41, 5.74) is 2.54. The lowest BCUT2D eigenvalue weighted by molar-refractivity contribution is -0.146. The van der Waals surface area contributed by atoms with E-state index in [1.807, 2.05) is 37.5 Å². The fourth-order valence-electron chi connectivity index (χ4n) is 3.35. The molecule has 0 aromatic carbocycles. The zero-order valence-corrected chi connectivity index (χ0v) is 15.1. The van der Waals surface area contributed by atoms with Crippen LogP contribution in [0.2, 0.25) is 0 Å². The summed E-state index contributed by atoms with van der Waals surface area (Å²) in [6, 6.07) is 0. The van der Waals surface area contributed by atoms with Crippen molar-refractivity contribution in [2.75, 3.05) is 26.2 Å². The van der Waals surface area contributed by atoms with Gasteiger partial charge in [-0.3, -0.25) is 9.59 Å². The van der Waals surface area contributed by atoms with Crippen LogP contribution in [-0.4, -0.2) is 47.8 Å². The third kappa shape index (κ3) is 3.90. The van der Waals surface area contributed by atoms with Crippen molar-refractivity contribution in [3.8, 4) is 0 Å². The Morgan fingerprint density at radius 2 is 1.05 bits per heavy atom. The van der Waals surface area contributed by atoms with E-state index in [2.05, 4.69) is 13.8 Å². The monoisotopic (exact) mass is 308 g/mol. The first kappa shape index (κ1) is 18.7. The van der Waals surface area contributed by atoms with Crippen LogP contribution in [0.4, 0.5) is 0 Å². The molecule has 1 aliphatic carbocycles. The first-order chi connectivity index (χ1) is 10.4. The number of hydrogen-bond acceptors (Lipinski definition) is 2. The molecule has 22 heavy (non-hydrogen) atoms. The highest BCUT2D eigenvalue weighted by Gasteiger charge is 2.39. The molecule has 2 unspecified atom stereocenters. The predicted octanol–water partition coefficient (Wildman–Crippen LogP) is 3.09. The van der Waals surface area contributed by atoms with E-state index in [4.69, 9.17) is 0 Å². The van der Waals surface area contributed by atoms with Gasteiger partial charge in [0.25, 0.3) is 0 Å². The van der Waals surface area contributed by atoms with Crippen LogP contribution in [0.1, 0.15) is 54.4 Å². The lowest BCUT2D eigenvalue weighted by Crippen LogP contribution is -2.46. The van der Waals surface area contributed by atoms with E-state index in [-0.39, 0.29) is 23.7 Å². The lowest BCUT2D eigenvalue weighted by atomic mass is 9.75. The molecule has 0 aromatic rings. The molecule has 0 heterocycles. The summed E-state index contributed by atoms with van der Waals surface area (Å²) in [6.07, 6.45) is 1.44. The summed E-state index contributed by atoms with van der Waals surface area (Å²) in [5, 5.41) is 0. The molecule has 0 aromatic heterocycles. The van der Waals surface area contributed by atoms with Gasteiger partial charge in [0, 0.05) is 26.2 Å². The van der Waals surface area contributed by atoms with Gasteiger partial charge in [0.15, 0.2) is 0 Å². The molecule has 2 amide bonds. The van der Waals surface area contributed by atoms with Gasteiger partial charge in [0.1, 0.15) is 0 Å². The molecule has 0 spiro atoms. The van der Waals surface area contributed by atoms with Gasteiger partial charge in [-0.1, -0.05) is 11.1 Å². The molecule has 0 fully saturated rings. The smallest absolute Gasteiger partial charge is 0.226 e. The van der Waals surface area contributed by atoms with Gasteiger partial charge in [-0.2, -0.15) is 0 Å². The number of allylic oxidation sites excluding steroid dienone is 2. The highest BCUT2D eigenvalue weighted by Crippen LogP contribution is 2.36. The highest BCUT2D eigenvalue weighted by molar-refractivity contribution is 5.88. The van der Waals surface area contributed by atoms with E-state index in [1.165, 1.54) is 11.1 Å². The van der Waals surface area contributed by atoms with Gasteiger partial charge in [0.05, 0.1) is 11.8 Å². The van der Waals surface area contributed by atoms with Crippen LogP contribution in [0.15, 0.2) is 11.1 Å². The SMILES string of the molecule is CCN(CC)C(=O)C1CC(C)=C(C)CC1C(=O)N(CC)CC. The van der Waals surface area contributed by atoms with E-state index in [0.29, 0.717) is 26.2 Å². The molecule has 0 N–H and O–H groups in total. The first-order valence-electron chi connectivity index (χ1n) is 8.63. The average Bonchev–Trinajstić information content (AvgIpc) is 2.51. The topological polar surface area (TPSA) is 40.6 Å². The number of amides is 2. The number of nitrogens with zero attached hydrogens (tertiary/aromatic N) is 2. The van der Waals surface area contributed by atoms with Crippen LogP contribution in [0, 0.1) is 11.8 Å². The van der Waals surface area contributed by atoms with Crippen LogP contribution in [-0.2, 0) is 9.59 Å². The summed E-state index contributed by atoms with van der Waals surface area (Å²) in [6.45, 7) is 15.0. The Kier molecular flexibility index (Phi) is 7.11. The quantitative estimate of drug-likeness (QED) is 0.708. The second kappa shape index (κ2) is 8.35. The molecular formula is C18H32N2O2. The van der Waals surface area contributed by atoms with Crippen molar-refractivity contribution in [1.29, 1.82) is 0 Å². The zero-order chi connectivity index (χ0) is 16.9. The summed E-state index contributed by atoms with van der Waals surface area (Å²) >= 11 is 0. The third-order valence-corrected chi connectivity index (χ3v) is 5.05. The fraction of sp³-hybridized carbons (Fsp3) is 0.778. The Bertz CT molecular complexity index is 394. The van der Waals surface area contributed by atoms with Crippen molar-refractivity contribution >= 4 is 11.8 Å². The van der Waals surface area contributed by atoms with Gasteiger partial charge in [-0.25, -0.2) is 0 Å². The Morgan fingerprint density at radius 1 is 0.773 bits per heavy atom. The Hall–Kier alpha value is -1.32. The summed E-state index contributed by atoms with van der Waals surface area (Å²) in [4.78, 5) is 29.4. The van der Waals surface area contributed by atoms with Crippen LogP contribution < -0.4 is 0 Å². The fourth-order valence-corrected chi connectivity index (χ4v) is 3.35. The van der Waals surface area contributed by atoms with Crippen molar-refractivity contribution in [2.45, 2.75) is 54.4 Å². The summed E-state index contributed by atoms with van der Waals surface area (Å²) < 4.78 is 0. The van der Waals surface area contributed by atoms with Crippen LogP contribution in [0.25, 0.3) is 0 Å². The van der Waals surface area contributed by atoms with Gasteiger partial charge < -0.3 is 9.80 Å².